The quantitative estimate of drug-likeness (QED) is 0.706. The fraction of sp³-hybridized carbons (Fsp3) is 0.273. The molecule has 5 heteroatoms. The van der Waals surface area contributed by atoms with Crippen LogP contribution in [0, 0.1) is 6.92 Å². The van der Waals surface area contributed by atoms with Crippen LogP contribution in [0.15, 0.2) is 58.4 Å². The van der Waals surface area contributed by atoms with Crippen molar-refractivity contribution in [2.24, 2.45) is 4.99 Å². The summed E-state index contributed by atoms with van der Waals surface area (Å²) in [5, 5.41) is 0.733. The first-order valence-corrected chi connectivity index (χ1v) is 9.82. The topological polar surface area (TPSA) is 35.9 Å². The third-order valence-electron chi connectivity index (χ3n) is 4.14. The molecule has 27 heavy (non-hydrogen) atoms. The maximum absolute atomic E-state index is 13.1. The zero-order chi connectivity index (χ0) is 19.6. The largest absolute Gasteiger partial charge is 0.378 e. The van der Waals surface area contributed by atoms with Crippen LogP contribution in [-0.4, -0.2) is 31.2 Å². The Kier molecular flexibility index (Phi) is 5.71. The van der Waals surface area contributed by atoms with Gasteiger partial charge in [-0.3, -0.25) is 14.7 Å². The van der Waals surface area contributed by atoms with E-state index in [0.717, 1.165) is 27.7 Å². The normalized spacial score (nSPS) is 17.4. The second-order valence-electron chi connectivity index (χ2n) is 7.08. The van der Waals surface area contributed by atoms with Gasteiger partial charge in [-0.25, -0.2) is 0 Å². The summed E-state index contributed by atoms with van der Waals surface area (Å²) < 4.78 is 0. The van der Waals surface area contributed by atoms with Gasteiger partial charge >= 0.3 is 0 Å². The molecule has 1 saturated heterocycles. The Labute approximate surface area is 165 Å². The molecule has 0 N–H and O–H groups in total. The van der Waals surface area contributed by atoms with E-state index in [1.807, 2.05) is 77.3 Å². The molecule has 140 valence electrons. The van der Waals surface area contributed by atoms with E-state index in [-0.39, 0.29) is 11.9 Å². The first-order chi connectivity index (χ1) is 12.8. The minimum absolute atomic E-state index is 0.0262. The van der Waals surface area contributed by atoms with Crippen molar-refractivity contribution in [2.75, 3.05) is 23.9 Å². The molecular formula is C22H25N3OS. The van der Waals surface area contributed by atoms with E-state index in [0.29, 0.717) is 4.91 Å². The number of rotatable bonds is 4. The number of carbonyl (C=O) groups excluding carboxylic acids is 1. The number of carbonyl (C=O) groups is 1. The van der Waals surface area contributed by atoms with Crippen molar-refractivity contribution in [3.63, 3.8) is 0 Å². The highest BCUT2D eigenvalue weighted by Gasteiger charge is 2.34. The maximum atomic E-state index is 13.1. The molecule has 0 aliphatic carbocycles. The molecule has 0 aromatic heterocycles. The summed E-state index contributed by atoms with van der Waals surface area (Å²) >= 11 is 1.44. The zero-order valence-corrected chi connectivity index (χ0v) is 17.2. The number of aryl methyl sites for hydroxylation is 1. The van der Waals surface area contributed by atoms with E-state index in [9.17, 15) is 4.79 Å². The molecule has 1 aliphatic heterocycles. The molecule has 0 unspecified atom stereocenters. The van der Waals surface area contributed by atoms with Crippen LogP contribution in [-0.2, 0) is 4.79 Å². The van der Waals surface area contributed by atoms with E-state index in [1.165, 1.54) is 11.8 Å². The Morgan fingerprint density at radius 1 is 1.11 bits per heavy atom. The molecule has 0 spiro atoms. The molecule has 1 amide bonds. The van der Waals surface area contributed by atoms with E-state index in [4.69, 9.17) is 0 Å². The van der Waals surface area contributed by atoms with Crippen LogP contribution in [0.1, 0.15) is 25.0 Å². The minimum atomic E-state index is -0.0262. The van der Waals surface area contributed by atoms with E-state index >= 15 is 0 Å². The molecule has 0 bridgehead atoms. The Hall–Kier alpha value is -2.53. The SMILES string of the molecule is Cc1cccc(N2C(=O)/C(=C/c3ccc(N(C)C)cc3)SC2=NC(C)C)c1. The lowest BCUT2D eigenvalue weighted by atomic mass is 10.1. The van der Waals surface area contributed by atoms with Crippen molar-refractivity contribution in [3.8, 4) is 0 Å². The predicted octanol–water partition coefficient (Wildman–Crippen LogP) is 4.95. The number of aliphatic imine (C=N–C) groups is 1. The van der Waals surface area contributed by atoms with Gasteiger partial charge in [-0.05, 0) is 74.0 Å². The molecule has 1 heterocycles. The maximum Gasteiger partial charge on any atom is 0.271 e. The fourth-order valence-corrected chi connectivity index (χ4v) is 3.91. The van der Waals surface area contributed by atoms with Gasteiger partial charge in [0.2, 0.25) is 0 Å². The summed E-state index contributed by atoms with van der Waals surface area (Å²) in [6, 6.07) is 16.3. The van der Waals surface area contributed by atoms with Crippen molar-refractivity contribution in [2.45, 2.75) is 26.8 Å². The van der Waals surface area contributed by atoms with Crippen molar-refractivity contribution >= 4 is 40.3 Å². The number of amidine groups is 1. The van der Waals surface area contributed by atoms with E-state index in [1.54, 1.807) is 4.90 Å². The average molecular weight is 380 g/mol. The van der Waals surface area contributed by atoms with Crippen molar-refractivity contribution in [1.82, 2.24) is 0 Å². The lowest BCUT2D eigenvalue weighted by Gasteiger charge is -2.16. The fourth-order valence-electron chi connectivity index (χ4n) is 2.80. The number of nitrogens with zero attached hydrogens (tertiary/aromatic N) is 3. The highest BCUT2D eigenvalue weighted by Crippen LogP contribution is 2.36. The van der Waals surface area contributed by atoms with Crippen LogP contribution in [0.25, 0.3) is 6.08 Å². The molecule has 3 rings (SSSR count). The summed E-state index contributed by atoms with van der Waals surface area (Å²) in [5.41, 5.74) is 4.11. The van der Waals surface area contributed by atoms with Gasteiger partial charge in [0.1, 0.15) is 0 Å². The van der Waals surface area contributed by atoms with Gasteiger partial charge in [0.05, 0.1) is 10.6 Å². The predicted molar refractivity (Wildman–Crippen MR) is 118 cm³/mol. The van der Waals surface area contributed by atoms with Crippen LogP contribution in [0.2, 0.25) is 0 Å². The molecule has 0 radical (unpaired) electrons. The van der Waals surface area contributed by atoms with Crippen LogP contribution in [0.4, 0.5) is 11.4 Å². The second-order valence-corrected chi connectivity index (χ2v) is 8.09. The minimum Gasteiger partial charge on any atom is -0.378 e. The summed E-state index contributed by atoms with van der Waals surface area (Å²) in [7, 11) is 4.02. The molecule has 2 aromatic carbocycles. The van der Waals surface area contributed by atoms with Gasteiger partial charge in [0.25, 0.3) is 5.91 Å². The summed E-state index contributed by atoms with van der Waals surface area (Å²) in [6.07, 6.45) is 1.94. The van der Waals surface area contributed by atoms with Gasteiger partial charge in [0.15, 0.2) is 5.17 Å². The number of anilines is 2. The molecule has 2 aromatic rings. The summed E-state index contributed by atoms with van der Waals surface area (Å²) in [5.74, 6) is -0.0262. The van der Waals surface area contributed by atoms with Gasteiger partial charge in [-0.1, -0.05) is 24.3 Å². The number of hydrogen-bond acceptors (Lipinski definition) is 4. The third kappa shape index (κ3) is 4.42. The van der Waals surface area contributed by atoms with Crippen LogP contribution >= 0.6 is 11.8 Å². The molecule has 4 nitrogen and oxygen atoms in total. The second kappa shape index (κ2) is 8.01. The Balaban J connectivity index is 1.97. The first kappa shape index (κ1) is 19.2. The lowest BCUT2D eigenvalue weighted by molar-refractivity contribution is -0.113. The Bertz CT molecular complexity index is 898. The van der Waals surface area contributed by atoms with Gasteiger partial charge in [-0.2, -0.15) is 0 Å². The number of benzene rings is 2. The smallest absolute Gasteiger partial charge is 0.271 e. The van der Waals surface area contributed by atoms with Crippen LogP contribution < -0.4 is 9.80 Å². The average Bonchev–Trinajstić information content (AvgIpc) is 2.90. The summed E-state index contributed by atoms with van der Waals surface area (Å²) in [6.45, 7) is 6.07. The van der Waals surface area contributed by atoms with Crippen molar-refractivity contribution in [1.29, 1.82) is 0 Å². The highest BCUT2D eigenvalue weighted by atomic mass is 32.2. The number of thioether (sulfide) groups is 1. The summed E-state index contributed by atoms with van der Waals surface area (Å²) in [4.78, 5) is 22.3. The molecule has 1 fully saturated rings. The zero-order valence-electron chi connectivity index (χ0n) is 16.4. The third-order valence-corrected chi connectivity index (χ3v) is 5.13. The molecule has 0 atom stereocenters. The Morgan fingerprint density at radius 2 is 1.81 bits per heavy atom. The first-order valence-electron chi connectivity index (χ1n) is 9.01. The van der Waals surface area contributed by atoms with Gasteiger partial charge < -0.3 is 4.90 Å². The van der Waals surface area contributed by atoms with Crippen LogP contribution in [0.3, 0.4) is 0 Å². The molecule has 1 aliphatic rings. The van der Waals surface area contributed by atoms with Gasteiger partial charge in [0, 0.05) is 25.8 Å². The Morgan fingerprint density at radius 3 is 2.41 bits per heavy atom. The highest BCUT2D eigenvalue weighted by molar-refractivity contribution is 8.19. The van der Waals surface area contributed by atoms with Gasteiger partial charge in [-0.15, -0.1) is 0 Å². The van der Waals surface area contributed by atoms with Crippen molar-refractivity contribution in [3.05, 3.63) is 64.6 Å². The standard InChI is InChI=1S/C22H25N3OS/c1-15(2)23-22-25(19-8-6-7-16(3)13-19)21(26)20(27-22)14-17-9-11-18(12-10-17)24(4)5/h6-15H,1-5H3/b20-14-,23-22?. The van der Waals surface area contributed by atoms with E-state index < -0.39 is 0 Å². The van der Waals surface area contributed by atoms with Crippen molar-refractivity contribution < 1.29 is 4.79 Å². The monoisotopic (exact) mass is 379 g/mol. The lowest BCUT2D eigenvalue weighted by Crippen LogP contribution is -2.29. The molecule has 0 saturated carbocycles. The van der Waals surface area contributed by atoms with Crippen LogP contribution in [0.5, 0.6) is 0 Å². The number of amides is 1. The van der Waals surface area contributed by atoms with E-state index in [2.05, 4.69) is 22.0 Å². The molecular weight excluding hydrogens is 354 g/mol. The number of hydrogen-bond donors (Lipinski definition) is 0.